The number of oxime groups is 1. The molecule has 0 bridgehead atoms. The number of halogens is 3. The molecule has 0 aliphatic carbocycles. The van der Waals surface area contributed by atoms with E-state index in [-0.39, 0.29) is 17.4 Å². The molecule has 1 fully saturated rings. The second-order valence-electron chi connectivity index (χ2n) is 7.32. The van der Waals surface area contributed by atoms with E-state index < -0.39 is 17.7 Å². The number of alkyl halides is 3. The van der Waals surface area contributed by atoms with Gasteiger partial charge in [0.15, 0.2) is 0 Å². The van der Waals surface area contributed by atoms with Crippen molar-refractivity contribution in [2.75, 3.05) is 13.2 Å². The third-order valence-electron chi connectivity index (χ3n) is 5.08. The number of ether oxygens (including phenoxy) is 2. The van der Waals surface area contributed by atoms with Crippen LogP contribution in [0.1, 0.15) is 36.0 Å². The Bertz CT molecular complexity index is 989. The molecule has 2 aromatic rings. The lowest BCUT2D eigenvalue weighted by Crippen LogP contribution is -2.25. The van der Waals surface area contributed by atoms with E-state index in [0.29, 0.717) is 23.5 Å². The first-order chi connectivity index (χ1) is 14.9. The minimum Gasteiger partial charge on any atom is -0.491 e. The van der Waals surface area contributed by atoms with Gasteiger partial charge in [-0.15, -0.1) is 0 Å². The summed E-state index contributed by atoms with van der Waals surface area (Å²) in [5.74, 6) is 0.0200. The summed E-state index contributed by atoms with van der Waals surface area (Å²) in [6, 6.07) is 11.5. The molecule has 2 aromatic carbocycles. The largest absolute Gasteiger partial charge is 0.491 e. The van der Waals surface area contributed by atoms with Gasteiger partial charge in [0.05, 0.1) is 17.2 Å². The maximum Gasteiger partial charge on any atom is 0.416 e. The Hall–Kier alpha value is -3.13. The van der Waals surface area contributed by atoms with Gasteiger partial charge in [-0.25, -0.2) is 4.79 Å². The molecule has 2 aliphatic heterocycles. The van der Waals surface area contributed by atoms with Crippen LogP contribution in [0.3, 0.4) is 0 Å². The molecule has 0 aromatic heterocycles. The molecule has 2 aliphatic rings. The van der Waals surface area contributed by atoms with Gasteiger partial charge in [-0.05, 0) is 55.2 Å². The Morgan fingerprint density at radius 3 is 2.45 bits per heavy atom. The Morgan fingerprint density at radius 1 is 1.06 bits per heavy atom. The van der Waals surface area contributed by atoms with Crippen molar-refractivity contribution in [3.63, 3.8) is 0 Å². The van der Waals surface area contributed by atoms with Crippen LogP contribution in [0.2, 0.25) is 0 Å². The first-order valence-electron chi connectivity index (χ1n) is 9.94. The topological polar surface area (TPSA) is 57.1 Å². The van der Waals surface area contributed by atoms with E-state index in [4.69, 9.17) is 14.3 Å². The molecular weight excluding hydrogens is 411 g/mol. The molecule has 8 heteroatoms. The minimum absolute atomic E-state index is 0.103. The summed E-state index contributed by atoms with van der Waals surface area (Å²) in [4.78, 5) is 16.9. The van der Waals surface area contributed by atoms with Gasteiger partial charge >= 0.3 is 12.1 Å². The van der Waals surface area contributed by atoms with Gasteiger partial charge in [0.1, 0.15) is 18.1 Å². The van der Waals surface area contributed by atoms with E-state index in [1.54, 1.807) is 30.3 Å². The summed E-state index contributed by atoms with van der Waals surface area (Å²) in [5, 5.41) is 3.73. The lowest BCUT2D eigenvalue weighted by molar-refractivity contribution is -0.138. The van der Waals surface area contributed by atoms with Crippen molar-refractivity contribution >= 4 is 17.8 Å². The fourth-order valence-corrected chi connectivity index (χ4v) is 3.39. The number of benzene rings is 2. The van der Waals surface area contributed by atoms with Crippen molar-refractivity contribution < 1.29 is 32.3 Å². The molecule has 2 heterocycles. The summed E-state index contributed by atoms with van der Waals surface area (Å²) in [5.41, 5.74) is 0.645. The lowest BCUT2D eigenvalue weighted by Gasteiger charge is -2.22. The van der Waals surface area contributed by atoms with Crippen molar-refractivity contribution in [3.05, 3.63) is 70.8 Å². The van der Waals surface area contributed by atoms with E-state index in [0.717, 1.165) is 38.0 Å². The second kappa shape index (κ2) is 8.93. The Kier molecular flexibility index (Phi) is 6.08. The van der Waals surface area contributed by atoms with Crippen LogP contribution in [0.15, 0.2) is 59.3 Å². The molecule has 0 spiro atoms. The third kappa shape index (κ3) is 5.14. The molecule has 0 radical (unpaired) electrons. The molecule has 1 saturated heterocycles. The van der Waals surface area contributed by atoms with Gasteiger partial charge in [0.25, 0.3) is 0 Å². The molecule has 0 amide bonds. The summed E-state index contributed by atoms with van der Waals surface area (Å²) < 4.78 is 49.7. The minimum atomic E-state index is -4.44. The number of carbonyl (C=O) groups excluding carboxylic acids is 1. The first kappa shape index (κ1) is 21.1. The predicted molar refractivity (Wildman–Crippen MR) is 108 cm³/mol. The number of nitrogens with zero attached hydrogens (tertiary/aromatic N) is 1. The molecule has 5 nitrogen and oxygen atoms in total. The highest BCUT2D eigenvalue weighted by Crippen LogP contribution is 2.30. The first-order valence-corrected chi connectivity index (χ1v) is 9.94. The quantitative estimate of drug-likeness (QED) is 0.494. The van der Waals surface area contributed by atoms with Crippen molar-refractivity contribution in [1.82, 2.24) is 0 Å². The molecule has 1 atom stereocenters. The monoisotopic (exact) mass is 431 g/mol. The average Bonchev–Trinajstić information content (AvgIpc) is 3.13. The van der Waals surface area contributed by atoms with Crippen molar-refractivity contribution in [2.45, 2.75) is 31.5 Å². The van der Waals surface area contributed by atoms with Crippen LogP contribution >= 0.6 is 0 Å². The van der Waals surface area contributed by atoms with Gasteiger partial charge in [-0.3, -0.25) is 0 Å². The molecule has 0 N–H and O–H groups in total. The second-order valence-corrected chi connectivity index (χ2v) is 7.32. The summed E-state index contributed by atoms with van der Waals surface area (Å²) in [6.45, 7) is 1.25. The van der Waals surface area contributed by atoms with Crippen LogP contribution in [0.5, 0.6) is 5.75 Å². The highest BCUT2D eigenvalue weighted by molar-refractivity contribution is 6.31. The normalized spacial score (nSPS) is 20.5. The van der Waals surface area contributed by atoms with Crippen LogP contribution in [-0.2, 0) is 20.5 Å². The number of hydrogen-bond donors (Lipinski definition) is 0. The fraction of sp³-hybridized carbons (Fsp3) is 0.304. The SMILES string of the molecule is O=C1ON=C(c2ccc(C(F)(F)F)cc2)/C1=C/c1ccc(OCC2CCCCO2)cc1. The number of rotatable bonds is 5. The highest BCUT2D eigenvalue weighted by Gasteiger charge is 2.31. The molecule has 31 heavy (non-hydrogen) atoms. The van der Waals surface area contributed by atoms with Gasteiger partial charge in [0, 0.05) is 12.2 Å². The Morgan fingerprint density at radius 2 is 1.81 bits per heavy atom. The van der Waals surface area contributed by atoms with Crippen LogP contribution in [0.25, 0.3) is 6.08 Å². The average molecular weight is 431 g/mol. The van der Waals surface area contributed by atoms with Crippen LogP contribution < -0.4 is 4.74 Å². The van der Waals surface area contributed by atoms with Crippen molar-refractivity contribution in [2.24, 2.45) is 5.16 Å². The van der Waals surface area contributed by atoms with Gasteiger partial charge in [-0.1, -0.05) is 29.4 Å². The third-order valence-corrected chi connectivity index (χ3v) is 5.08. The molecule has 0 saturated carbocycles. The molecule has 4 rings (SSSR count). The van der Waals surface area contributed by atoms with E-state index in [1.807, 2.05) is 0 Å². The smallest absolute Gasteiger partial charge is 0.416 e. The molecule has 1 unspecified atom stereocenters. The maximum absolute atomic E-state index is 12.8. The maximum atomic E-state index is 12.8. The Balaban J connectivity index is 1.46. The summed E-state index contributed by atoms with van der Waals surface area (Å²) in [7, 11) is 0. The predicted octanol–water partition coefficient (Wildman–Crippen LogP) is 5.00. The van der Waals surface area contributed by atoms with E-state index in [2.05, 4.69) is 5.16 Å². The van der Waals surface area contributed by atoms with Crippen LogP contribution in [-0.4, -0.2) is 31.0 Å². The fourth-order valence-electron chi connectivity index (χ4n) is 3.39. The van der Waals surface area contributed by atoms with Crippen LogP contribution in [0, 0.1) is 0 Å². The van der Waals surface area contributed by atoms with Crippen molar-refractivity contribution in [1.29, 1.82) is 0 Å². The number of hydrogen-bond acceptors (Lipinski definition) is 5. The van der Waals surface area contributed by atoms with Gasteiger partial charge in [0.2, 0.25) is 0 Å². The van der Waals surface area contributed by atoms with E-state index >= 15 is 0 Å². The Labute approximate surface area is 177 Å². The molecule has 162 valence electrons. The van der Waals surface area contributed by atoms with Gasteiger partial charge < -0.3 is 14.3 Å². The standard InChI is InChI=1S/C23H20F3NO4/c24-23(25,26)17-8-6-16(7-9-17)21-20(22(28)31-27-21)13-15-4-10-18(11-5-15)30-14-19-3-1-2-12-29-19/h4-11,13,19H,1-3,12,14H2/b20-13-. The number of carbonyl (C=O) groups is 1. The lowest BCUT2D eigenvalue weighted by atomic mass is 9.99. The summed E-state index contributed by atoms with van der Waals surface area (Å²) >= 11 is 0. The molecular formula is C23H20F3NO4. The zero-order valence-corrected chi connectivity index (χ0v) is 16.5. The summed E-state index contributed by atoms with van der Waals surface area (Å²) in [6.07, 6.45) is 0.456. The van der Waals surface area contributed by atoms with Crippen LogP contribution in [0.4, 0.5) is 13.2 Å². The van der Waals surface area contributed by atoms with E-state index in [9.17, 15) is 18.0 Å². The zero-order valence-electron chi connectivity index (χ0n) is 16.5. The van der Waals surface area contributed by atoms with E-state index in [1.165, 1.54) is 12.1 Å². The highest BCUT2D eigenvalue weighted by atomic mass is 19.4. The zero-order chi connectivity index (χ0) is 21.8. The van der Waals surface area contributed by atoms with Crippen molar-refractivity contribution in [3.8, 4) is 5.75 Å². The van der Waals surface area contributed by atoms with Gasteiger partial charge in [-0.2, -0.15) is 13.2 Å².